The van der Waals surface area contributed by atoms with Crippen LogP contribution >= 0.6 is 0 Å². The van der Waals surface area contributed by atoms with Crippen LogP contribution in [0.2, 0.25) is 0 Å². The molecular weight excluding hydrogens is 120 g/mol. The summed E-state index contributed by atoms with van der Waals surface area (Å²) in [5.74, 6) is 0. The average molecular weight is 130 g/mol. The molecule has 0 saturated carbocycles. The maximum Gasteiger partial charge on any atom is 0.138 e. The zero-order valence-corrected chi connectivity index (χ0v) is 5.41. The summed E-state index contributed by atoms with van der Waals surface area (Å²) in [5, 5.41) is 4.12. The van der Waals surface area contributed by atoms with E-state index in [1.165, 1.54) is 5.01 Å². The fourth-order valence-electron chi connectivity index (χ4n) is 0.756. The van der Waals surface area contributed by atoms with Crippen LogP contribution in [0.1, 0.15) is 13.3 Å². The van der Waals surface area contributed by atoms with Crippen LogP contribution in [0.5, 0.6) is 0 Å². The predicted molar refractivity (Wildman–Crippen MR) is 32.5 cm³/mol. The molecule has 4 heteroatoms. The van der Waals surface area contributed by atoms with Crippen molar-refractivity contribution in [2.75, 3.05) is 13.3 Å². The molecule has 0 aromatic rings. The Morgan fingerprint density at radius 3 is 3.00 bits per heavy atom. The van der Waals surface area contributed by atoms with Crippen LogP contribution in [0, 0.1) is 4.91 Å². The van der Waals surface area contributed by atoms with Crippen molar-refractivity contribution in [3.05, 3.63) is 4.91 Å². The second-order valence-corrected chi connectivity index (χ2v) is 2.21. The van der Waals surface area contributed by atoms with Gasteiger partial charge in [0.25, 0.3) is 0 Å². The summed E-state index contributed by atoms with van der Waals surface area (Å²) < 4.78 is 5.11. The third kappa shape index (κ3) is 1.64. The van der Waals surface area contributed by atoms with E-state index in [0.717, 1.165) is 13.0 Å². The highest BCUT2D eigenvalue weighted by molar-refractivity contribution is 4.59. The molecule has 0 N–H and O–H groups in total. The first-order valence-electron chi connectivity index (χ1n) is 3.03. The molecule has 1 atom stereocenters. The monoisotopic (exact) mass is 130 g/mol. The van der Waals surface area contributed by atoms with Crippen LogP contribution in [-0.2, 0) is 4.74 Å². The Morgan fingerprint density at radius 2 is 2.56 bits per heavy atom. The molecule has 0 amide bonds. The standard InChI is InChI=1S/C5H10N2O2/c1-5-2-3-7(6-8)4-9-5/h5H,2-4H2,1H3. The van der Waals surface area contributed by atoms with Gasteiger partial charge in [-0.15, -0.1) is 4.91 Å². The van der Waals surface area contributed by atoms with E-state index in [0.29, 0.717) is 6.73 Å². The van der Waals surface area contributed by atoms with Crippen molar-refractivity contribution in [3.63, 3.8) is 0 Å². The third-order valence-electron chi connectivity index (χ3n) is 1.42. The van der Waals surface area contributed by atoms with E-state index in [9.17, 15) is 4.91 Å². The molecule has 1 unspecified atom stereocenters. The van der Waals surface area contributed by atoms with Gasteiger partial charge in [0, 0.05) is 6.54 Å². The van der Waals surface area contributed by atoms with Crippen molar-refractivity contribution in [1.29, 1.82) is 0 Å². The predicted octanol–water partition coefficient (Wildman–Crippen LogP) is 0.736. The second-order valence-electron chi connectivity index (χ2n) is 2.21. The summed E-state index contributed by atoms with van der Waals surface area (Å²) in [6, 6.07) is 0. The van der Waals surface area contributed by atoms with E-state index in [-0.39, 0.29) is 6.10 Å². The molecule has 52 valence electrons. The lowest BCUT2D eigenvalue weighted by Gasteiger charge is -2.25. The Morgan fingerprint density at radius 1 is 1.78 bits per heavy atom. The van der Waals surface area contributed by atoms with Crippen molar-refractivity contribution in [1.82, 2.24) is 5.01 Å². The van der Waals surface area contributed by atoms with Crippen molar-refractivity contribution in [2.45, 2.75) is 19.4 Å². The lowest BCUT2D eigenvalue weighted by Crippen LogP contribution is -2.32. The van der Waals surface area contributed by atoms with Gasteiger partial charge < -0.3 is 4.74 Å². The Kier molecular flexibility index (Phi) is 2.00. The van der Waals surface area contributed by atoms with Gasteiger partial charge in [-0.05, 0) is 13.3 Å². The first kappa shape index (κ1) is 6.48. The molecule has 0 bridgehead atoms. The molecule has 1 aliphatic heterocycles. The molecule has 1 heterocycles. The number of hydrogen-bond acceptors (Lipinski definition) is 3. The minimum Gasteiger partial charge on any atom is -0.357 e. The normalized spacial score (nSPS) is 28.1. The van der Waals surface area contributed by atoms with Crippen molar-refractivity contribution >= 4 is 0 Å². The summed E-state index contributed by atoms with van der Waals surface area (Å²) in [4.78, 5) is 9.86. The Labute approximate surface area is 53.7 Å². The van der Waals surface area contributed by atoms with Crippen LogP contribution < -0.4 is 0 Å². The van der Waals surface area contributed by atoms with E-state index >= 15 is 0 Å². The number of ether oxygens (including phenoxy) is 1. The van der Waals surface area contributed by atoms with Gasteiger partial charge in [0.2, 0.25) is 0 Å². The minimum atomic E-state index is 0.281. The maximum absolute atomic E-state index is 9.86. The molecule has 4 nitrogen and oxygen atoms in total. The van der Waals surface area contributed by atoms with Crippen LogP contribution in [0.15, 0.2) is 5.29 Å². The van der Waals surface area contributed by atoms with Gasteiger partial charge in [-0.25, -0.2) is 5.01 Å². The summed E-state index contributed by atoms with van der Waals surface area (Å²) in [7, 11) is 0. The number of nitroso groups, excluding NO2 is 1. The molecule has 1 rings (SSSR count). The highest BCUT2D eigenvalue weighted by Crippen LogP contribution is 2.07. The van der Waals surface area contributed by atoms with Gasteiger partial charge in [0.05, 0.1) is 11.4 Å². The first-order chi connectivity index (χ1) is 4.33. The molecule has 0 aromatic carbocycles. The van der Waals surface area contributed by atoms with Crippen LogP contribution in [0.3, 0.4) is 0 Å². The van der Waals surface area contributed by atoms with Gasteiger partial charge in [-0.2, -0.15) is 0 Å². The number of rotatable bonds is 1. The first-order valence-corrected chi connectivity index (χ1v) is 3.03. The average Bonchev–Trinajstić information content (AvgIpc) is 1.90. The molecule has 1 saturated heterocycles. The Hall–Kier alpha value is -0.640. The molecule has 0 aliphatic carbocycles. The quantitative estimate of drug-likeness (QED) is 0.491. The summed E-state index contributed by atoms with van der Waals surface area (Å²) in [6.07, 6.45) is 1.18. The summed E-state index contributed by atoms with van der Waals surface area (Å²) in [5.41, 5.74) is 0. The van der Waals surface area contributed by atoms with E-state index in [2.05, 4.69) is 5.29 Å². The lowest BCUT2D eigenvalue weighted by molar-refractivity contribution is -0.0597. The summed E-state index contributed by atoms with van der Waals surface area (Å²) in [6.45, 7) is 3.07. The molecule has 1 fully saturated rings. The van der Waals surface area contributed by atoms with Gasteiger partial charge >= 0.3 is 0 Å². The maximum atomic E-state index is 9.86. The minimum absolute atomic E-state index is 0.281. The molecule has 0 spiro atoms. The zero-order valence-electron chi connectivity index (χ0n) is 5.41. The van der Waals surface area contributed by atoms with Gasteiger partial charge in [-0.3, -0.25) is 0 Å². The van der Waals surface area contributed by atoms with Crippen LogP contribution in [0.4, 0.5) is 0 Å². The molecule has 0 aromatic heterocycles. The fraction of sp³-hybridized carbons (Fsp3) is 1.00. The number of nitrogens with zero attached hydrogens (tertiary/aromatic N) is 2. The van der Waals surface area contributed by atoms with E-state index < -0.39 is 0 Å². The fourth-order valence-corrected chi connectivity index (χ4v) is 0.756. The molecule has 9 heavy (non-hydrogen) atoms. The SMILES string of the molecule is CC1CCN(N=O)CO1. The third-order valence-corrected chi connectivity index (χ3v) is 1.42. The highest BCUT2D eigenvalue weighted by atomic mass is 16.5. The smallest absolute Gasteiger partial charge is 0.138 e. The van der Waals surface area contributed by atoms with Crippen LogP contribution in [0.25, 0.3) is 0 Å². The van der Waals surface area contributed by atoms with Gasteiger partial charge in [0.1, 0.15) is 6.73 Å². The van der Waals surface area contributed by atoms with Crippen molar-refractivity contribution in [3.8, 4) is 0 Å². The largest absolute Gasteiger partial charge is 0.357 e. The van der Waals surface area contributed by atoms with Gasteiger partial charge in [0.15, 0.2) is 0 Å². The van der Waals surface area contributed by atoms with E-state index in [1.807, 2.05) is 6.92 Å². The van der Waals surface area contributed by atoms with Crippen LogP contribution in [-0.4, -0.2) is 24.4 Å². The topological polar surface area (TPSA) is 41.9 Å². The zero-order chi connectivity index (χ0) is 6.69. The van der Waals surface area contributed by atoms with E-state index in [1.54, 1.807) is 0 Å². The van der Waals surface area contributed by atoms with Gasteiger partial charge in [-0.1, -0.05) is 0 Å². The Bertz CT molecular complexity index is 99.1. The number of hydrogen-bond donors (Lipinski definition) is 0. The Balaban J connectivity index is 2.26. The molecule has 1 aliphatic rings. The highest BCUT2D eigenvalue weighted by Gasteiger charge is 2.14. The molecular formula is C5H10N2O2. The van der Waals surface area contributed by atoms with E-state index in [4.69, 9.17) is 4.74 Å². The van der Waals surface area contributed by atoms with Crippen molar-refractivity contribution in [2.24, 2.45) is 5.29 Å². The lowest BCUT2D eigenvalue weighted by atomic mass is 10.2. The van der Waals surface area contributed by atoms with Crippen molar-refractivity contribution < 1.29 is 4.74 Å². The second kappa shape index (κ2) is 2.77. The summed E-state index contributed by atoms with van der Waals surface area (Å²) >= 11 is 0. The molecule has 0 radical (unpaired) electrons.